The average molecular weight is 379 g/mol. The quantitative estimate of drug-likeness (QED) is 0.390. The molecule has 142 valence electrons. The van der Waals surface area contributed by atoms with Gasteiger partial charge in [-0.05, 0) is 42.8 Å². The maximum absolute atomic E-state index is 5.32. The van der Waals surface area contributed by atoms with Crippen molar-refractivity contribution in [3.8, 4) is 39.7 Å². The van der Waals surface area contributed by atoms with Crippen molar-refractivity contribution in [3.63, 3.8) is 0 Å². The van der Waals surface area contributed by atoms with E-state index < -0.39 is 0 Å². The maximum Gasteiger partial charge on any atom is 0.138 e. The molecule has 0 aliphatic heterocycles. The van der Waals surface area contributed by atoms with Crippen molar-refractivity contribution < 1.29 is 4.74 Å². The molecule has 2 N–H and O–H groups in total. The van der Waals surface area contributed by atoms with Gasteiger partial charge in [0.1, 0.15) is 11.6 Å². The Morgan fingerprint density at radius 2 is 1.59 bits per heavy atom. The SMILES string of the molecule is COc1ccc(-c2nc(-c3ccccc3C)[nH]c2-c2c[nH]c3ccccc23)cc1. The van der Waals surface area contributed by atoms with Crippen molar-refractivity contribution in [1.82, 2.24) is 15.0 Å². The van der Waals surface area contributed by atoms with Crippen LogP contribution in [0.25, 0.3) is 44.8 Å². The minimum absolute atomic E-state index is 0.831. The second-order valence-electron chi connectivity index (χ2n) is 7.10. The van der Waals surface area contributed by atoms with Crippen molar-refractivity contribution in [1.29, 1.82) is 0 Å². The van der Waals surface area contributed by atoms with E-state index in [4.69, 9.17) is 9.72 Å². The van der Waals surface area contributed by atoms with Gasteiger partial charge in [-0.2, -0.15) is 0 Å². The van der Waals surface area contributed by atoms with Crippen molar-refractivity contribution in [3.05, 3.63) is 84.6 Å². The van der Waals surface area contributed by atoms with Gasteiger partial charge in [-0.3, -0.25) is 0 Å². The van der Waals surface area contributed by atoms with Gasteiger partial charge in [-0.25, -0.2) is 4.98 Å². The first kappa shape index (κ1) is 17.3. The van der Waals surface area contributed by atoms with Gasteiger partial charge in [0.2, 0.25) is 0 Å². The zero-order valence-corrected chi connectivity index (χ0v) is 16.4. The minimum atomic E-state index is 0.831. The largest absolute Gasteiger partial charge is 0.497 e. The molecule has 0 saturated carbocycles. The van der Waals surface area contributed by atoms with Crippen LogP contribution >= 0.6 is 0 Å². The summed E-state index contributed by atoms with van der Waals surface area (Å²) >= 11 is 0. The Labute approximate surface area is 169 Å². The first-order valence-electron chi connectivity index (χ1n) is 9.61. The van der Waals surface area contributed by atoms with Crippen LogP contribution in [0.1, 0.15) is 5.56 Å². The first-order chi connectivity index (χ1) is 14.2. The average Bonchev–Trinajstić information content (AvgIpc) is 3.38. The summed E-state index contributed by atoms with van der Waals surface area (Å²) in [5.41, 5.74) is 7.49. The zero-order valence-electron chi connectivity index (χ0n) is 16.4. The van der Waals surface area contributed by atoms with Crippen molar-refractivity contribution in [2.45, 2.75) is 6.92 Å². The summed E-state index contributed by atoms with van der Waals surface area (Å²) in [6.45, 7) is 2.11. The number of nitrogens with one attached hydrogen (secondary N) is 2. The Hall–Kier alpha value is -3.79. The number of H-pyrrole nitrogens is 2. The fraction of sp³-hybridized carbons (Fsp3) is 0.0800. The van der Waals surface area contributed by atoms with Crippen LogP contribution in [0, 0.1) is 6.92 Å². The first-order valence-corrected chi connectivity index (χ1v) is 9.61. The third-order valence-electron chi connectivity index (χ3n) is 5.33. The molecule has 2 aromatic heterocycles. The normalized spacial score (nSPS) is 11.1. The molecule has 5 aromatic rings. The number of aryl methyl sites for hydroxylation is 1. The number of ether oxygens (including phenoxy) is 1. The molecule has 0 fully saturated rings. The molecule has 0 bridgehead atoms. The molecule has 0 spiro atoms. The monoisotopic (exact) mass is 379 g/mol. The summed E-state index contributed by atoms with van der Waals surface area (Å²) in [6.07, 6.45) is 2.05. The number of benzene rings is 3. The van der Waals surface area contributed by atoms with Gasteiger partial charge < -0.3 is 14.7 Å². The fourth-order valence-electron chi connectivity index (χ4n) is 3.77. The molecule has 0 atom stereocenters. The lowest BCUT2D eigenvalue weighted by molar-refractivity contribution is 0.415. The predicted molar refractivity (Wildman–Crippen MR) is 118 cm³/mol. The predicted octanol–water partition coefficient (Wildman–Crippen LogP) is 6.21. The van der Waals surface area contributed by atoms with Crippen LogP contribution < -0.4 is 4.74 Å². The van der Waals surface area contributed by atoms with Crippen LogP contribution in [0.15, 0.2) is 79.0 Å². The number of rotatable bonds is 4. The molecule has 4 heteroatoms. The summed E-state index contributed by atoms with van der Waals surface area (Å²) < 4.78 is 5.32. The van der Waals surface area contributed by atoms with Crippen LogP contribution in [0.4, 0.5) is 0 Å². The summed E-state index contributed by atoms with van der Waals surface area (Å²) in [5.74, 6) is 1.70. The van der Waals surface area contributed by atoms with Crippen molar-refractivity contribution in [2.75, 3.05) is 7.11 Å². The summed E-state index contributed by atoms with van der Waals surface area (Å²) in [7, 11) is 1.68. The smallest absolute Gasteiger partial charge is 0.138 e. The van der Waals surface area contributed by atoms with E-state index in [0.717, 1.165) is 45.2 Å². The van der Waals surface area contributed by atoms with E-state index in [1.54, 1.807) is 7.11 Å². The molecule has 0 radical (unpaired) electrons. The lowest BCUT2D eigenvalue weighted by Gasteiger charge is -2.04. The van der Waals surface area contributed by atoms with Gasteiger partial charge in [0.05, 0.1) is 18.5 Å². The maximum atomic E-state index is 5.32. The molecule has 0 aliphatic rings. The fourth-order valence-corrected chi connectivity index (χ4v) is 3.77. The van der Waals surface area contributed by atoms with Gasteiger partial charge in [0.15, 0.2) is 0 Å². The van der Waals surface area contributed by atoms with Crippen LogP contribution in [0.3, 0.4) is 0 Å². The molecule has 2 heterocycles. The topological polar surface area (TPSA) is 53.7 Å². The van der Waals surface area contributed by atoms with Gasteiger partial charge in [-0.1, -0.05) is 42.5 Å². The Bertz CT molecular complexity index is 1300. The molecule has 29 heavy (non-hydrogen) atoms. The van der Waals surface area contributed by atoms with E-state index in [1.807, 2.05) is 36.5 Å². The summed E-state index contributed by atoms with van der Waals surface area (Å²) in [4.78, 5) is 12.0. The Morgan fingerprint density at radius 3 is 2.38 bits per heavy atom. The number of imidazole rings is 1. The molecule has 3 aromatic carbocycles. The lowest BCUT2D eigenvalue weighted by Crippen LogP contribution is -1.85. The lowest BCUT2D eigenvalue weighted by atomic mass is 10.0. The zero-order chi connectivity index (χ0) is 19.8. The number of aromatic amines is 2. The van der Waals surface area contributed by atoms with Crippen LogP contribution in [-0.4, -0.2) is 22.1 Å². The molecule has 0 saturated heterocycles. The van der Waals surface area contributed by atoms with Gasteiger partial charge in [0.25, 0.3) is 0 Å². The number of nitrogens with zero attached hydrogens (tertiary/aromatic N) is 1. The van der Waals surface area contributed by atoms with Gasteiger partial charge in [-0.15, -0.1) is 0 Å². The number of hydrogen-bond donors (Lipinski definition) is 2. The highest BCUT2D eigenvalue weighted by Crippen LogP contribution is 2.37. The van der Waals surface area contributed by atoms with Crippen LogP contribution in [0.5, 0.6) is 5.75 Å². The molecule has 4 nitrogen and oxygen atoms in total. The van der Waals surface area contributed by atoms with Crippen molar-refractivity contribution >= 4 is 10.9 Å². The second kappa shape index (κ2) is 6.99. The highest BCUT2D eigenvalue weighted by molar-refractivity contribution is 5.98. The number of hydrogen-bond acceptors (Lipinski definition) is 2. The number of fused-ring (bicyclic) bond motifs is 1. The minimum Gasteiger partial charge on any atom is -0.497 e. The third kappa shape index (κ3) is 2.99. The number of para-hydroxylation sites is 1. The van der Waals surface area contributed by atoms with E-state index in [1.165, 1.54) is 10.9 Å². The molecule has 0 aliphatic carbocycles. The Balaban J connectivity index is 1.74. The van der Waals surface area contributed by atoms with Gasteiger partial charge >= 0.3 is 0 Å². The molecule has 5 rings (SSSR count). The second-order valence-corrected chi connectivity index (χ2v) is 7.10. The number of aromatic nitrogens is 3. The highest BCUT2D eigenvalue weighted by Gasteiger charge is 2.18. The Morgan fingerprint density at radius 1 is 0.828 bits per heavy atom. The van der Waals surface area contributed by atoms with E-state index in [-0.39, 0.29) is 0 Å². The van der Waals surface area contributed by atoms with Crippen molar-refractivity contribution in [2.24, 2.45) is 0 Å². The van der Waals surface area contributed by atoms with Gasteiger partial charge in [0, 0.05) is 33.8 Å². The van der Waals surface area contributed by atoms with Crippen LogP contribution in [0.2, 0.25) is 0 Å². The van der Waals surface area contributed by atoms with E-state index >= 15 is 0 Å². The summed E-state index contributed by atoms with van der Waals surface area (Å²) in [6, 6.07) is 24.7. The third-order valence-corrected chi connectivity index (χ3v) is 5.33. The highest BCUT2D eigenvalue weighted by atomic mass is 16.5. The molecular formula is C25H21N3O. The molecular weight excluding hydrogens is 358 g/mol. The number of methoxy groups -OCH3 is 1. The molecule has 0 unspecified atom stereocenters. The summed E-state index contributed by atoms with van der Waals surface area (Å²) in [5, 5.41) is 1.17. The van der Waals surface area contributed by atoms with E-state index in [9.17, 15) is 0 Å². The van der Waals surface area contributed by atoms with E-state index in [0.29, 0.717) is 0 Å². The van der Waals surface area contributed by atoms with Crippen LogP contribution in [-0.2, 0) is 0 Å². The van der Waals surface area contributed by atoms with E-state index in [2.05, 4.69) is 59.4 Å². The standard InChI is InChI=1S/C25H21N3O/c1-16-7-3-4-8-19(16)25-27-23(17-11-13-18(29-2)14-12-17)24(28-25)21-15-26-22-10-6-5-9-20(21)22/h3-15,26H,1-2H3,(H,27,28). The molecule has 0 amide bonds. The Kier molecular flexibility index (Phi) is 4.17.